The number of rotatable bonds is 3. The Labute approximate surface area is 178 Å². The summed E-state index contributed by atoms with van der Waals surface area (Å²) in [6, 6.07) is 0. The second-order valence-corrected chi connectivity index (χ2v) is 8.02. The highest BCUT2D eigenvalue weighted by Crippen LogP contribution is 2.44. The largest absolute Gasteiger partial charge is 0.449 e. The summed E-state index contributed by atoms with van der Waals surface area (Å²) in [5, 5.41) is 0. The molecule has 0 aliphatic carbocycles. The maximum atomic E-state index is 14.7. The summed E-state index contributed by atoms with van der Waals surface area (Å²) in [5.74, 6) is -6.21. The van der Waals surface area contributed by atoms with Gasteiger partial charge >= 0.3 is 5.97 Å². The highest BCUT2D eigenvalue weighted by molar-refractivity contribution is 9.11. The summed E-state index contributed by atoms with van der Waals surface area (Å²) in [6.45, 7) is 1.88. The number of aromatic nitrogens is 2. The second kappa shape index (κ2) is 7.80. The molecule has 12 heteroatoms. The molecule has 0 aliphatic rings. The molecule has 0 unspecified atom stereocenters. The zero-order chi connectivity index (χ0) is 20.0. The molecule has 0 fully saturated rings. The smallest absolute Gasteiger partial charge is 0.303 e. The van der Waals surface area contributed by atoms with Crippen molar-refractivity contribution in [2.24, 2.45) is 0 Å². The number of carbonyl (C=O) groups excluding carboxylic acids is 1. The predicted octanol–water partition coefficient (Wildman–Crippen LogP) is 5.91. The minimum atomic E-state index is -2.52. The van der Waals surface area contributed by atoms with Crippen LogP contribution in [-0.2, 0) is 15.1 Å². The van der Waals surface area contributed by atoms with Crippen LogP contribution in [0.2, 0.25) is 0 Å². The molecule has 0 radical (unpaired) electrons. The van der Waals surface area contributed by atoms with E-state index in [1.54, 1.807) is 0 Å². The summed E-state index contributed by atoms with van der Waals surface area (Å²) < 4.78 is 62.0. The third-order valence-electron chi connectivity index (χ3n) is 3.30. The van der Waals surface area contributed by atoms with E-state index < -0.39 is 64.4 Å². The van der Waals surface area contributed by atoms with Crippen LogP contribution in [-0.4, -0.2) is 15.9 Å². The topological polar surface area (TPSA) is 52.1 Å². The number of esters is 1. The maximum Gasteiger partial charge on any atom is 0.303 e. The molecule has 2 heterocycles. The lowest BCUT2D eigenvalue weighted by Gasteiger charge is -2.31. The van der Waals surface area contributed by atoms with Crippen molar-refractivity contribution >= 4 is 69.7 Å². The summed E-state index contributed by atoms with van der Waals surface area (Å²) in [5.41, 5.74) is -4.37. The fourth-order valence-electron chi connectivity index (χ4n) is 2.33. The summed E-state index contributed by atoms with van der Waals surface area (Å²) in [7, 11) is 0. The number of halogens is 8. The Morgan fingerprint density at radius 2 is 1.08 bits per heavy atom. The minimum absolute atomic E-state index is 0.452. The SMILES string of the molecule is CC(=O)OC(C)(c1c(F)c(Br)nc(Br)c1F)c1c(F)c(Br)nc(Br)c1F. The molecule has 2 aromatic heterocycles. The zero-order valence-electron chi connectivity index (χ0n) is 12.7. The number of nitrogens with zero attached hydrogens (tertiary/aromatic N) is 2. The van der Waals surface area contributed by atoms with Crippen molar-refractivity contribution in [2.75, 3.05) is 0 Å². The van der Waals surface area contributed by atoms with Crippen LogP contribution in [0, 0.1) is 23.3 Å². The van der Waals surface area contributed by atoms with Crippen LogP contribution in [0.25, 0.3) is 0 Å². The van der Waals surface area contributed by atoms with Crippen LogP contribution in [0.3, 0.4) is 0 Å². The van der Waals surface area contributed by atoms with Crippen LogP contribution in [0.5, 0.6) is 0 Å². The predicted molar refractivity (Wildman–Crippen MR) is 97.3 cm³/mol. The average Bonchev–Trinajstić information content (AvgIpc) is 2.50. The van der Waals surface area contributed by atoms with Gasteiger partial charge in [0.1, 0.15) is 18.4 Å². The van der Waals surface area contributed by atoms with E-state index in [9.17, 15) is 22.4 Å². The number of ether oxygens (including phenoxy) is 1. The molecule has 4 nitrogen and oxygen atoms in total. The molecule has 0 amide bonds. The Kier molecular flexibility index (Phi) is 6.51. The minimum Gasteiger partial charge on any atom is -0.449 e. The van der Waals surface area contributed by atoms with Gasteiger partial charge in [0.2, 0.25) is 0 Å². The number of carbonyl (C=O) groups is 1. The van der Waals surface area contributed by atoms with Crippen molar-refractivity contribution in [1.82, 2.24) is 9.97 Å². The van der Waals surface area contributed by atoms with E-state index in [1.165, 1.54) is 0 Å². The van der Waals surface area contributed by atoms with Gasteiger partial charge in [-0.3, -0.25) is 4.79 Å². The lowest BCUT2D eigenvalue weighted by atomic mass is 9.87. The van der Waals surface area contributed by atoms with Gasteiger partial charge in [-0.2, -0.15) is 0 Å². The Hall–Kier alpha value is -0.590. The van der Waals surface area contributed by atoms with Gasteiger partial charge in [-0.1, -0.05) is 0 Å². The number of hydrogen-bond donors (Lipinski definition) is 0. The molecule has 0 aromatic carbocycles. The first-order chi connectivity index (χ1) is 11.9. The van der Waals surface area contributed by atoms with Crippen molar-refractivity contribution in [3.05, 3.63) is 52.8 Å². The first-order valence-electron chi connectivity index (χ1n) is 6.52. The Morgan fingerprint density at radius 1 is 0.808 bits per heavy atom. The first kappa shape index (κ1) is 21.7. The molecule has 140 valence electrons. The van der Waals surface area contributed by atoms with E-state index in [4.69, 9.17) is 4.74 Å². The van der Waals surface area contributed by atoms with Gasteiger partial charge in [0.05, 0.1) is 11.1 Å². The van der Waals surface area contributed by atoms with Crippen LogP contribution >= 0.6 is 63.7 Å². The molecule has 2 aromatic rings. The van der Waals surface area contributed by atoms with Gasteiger partial charge in [0.15, 0.2) is 28.9 Å². The molecule has 26 heavy (non-hydrogen) atoms. The maximum absolute atomic E-state index is 14.7. The third kappa shape index (κ3) is 3.69. The lowest BCUT2D eigenvalue weighted by molar-refractivity contribution is -0.153. The van der Waals surface area contributed by atoms with E-state index in [0.29, 0.717) is 0 Å². The van der Waals surface area contributed by atoms with E-state index in [0.717, 1.165) is 13.8 Å². The molecule has 0 N–H and O–H groups in total. The standard InChI is InChI=1S/C14H6Br4F4N2O2/c1-3(25)26-14(2,4-6(19)10(15)23-11(16)7(4)20)5-8(21)12(17)24-13(18)9(5)22/h1-2H3. The van der Waals surface area contributed by atoms with Crippen molar-refractivity contribution in [1.29, 1.82) is 0 Å². The molecule has 0 atom stereocenters. The van der Waals surface area contributed by atoms with E-state index in [2.05, 4.69) is 73.7 Å². The average molecular weight is 630 g/mol. The molecule has 0 spiro atoms. The van der Waals surface area contributed by atoms with Crippen molar-refractivity contribution in [3.63, 3.8) is 0 Å². The number of hydrogen-bond acceptors (Lipinski definition) is 4. The number of pyridine rings is 2. The summed E-state index contributed by atoms with van der Waals surface area (Å²) in [6.07, 6.45) is 0. The van der Waals surface area contributed by atoms with Gasteiger partial charge in [0.25, 0.3) is 0 Å². The van der Waals surface area contributed by atoms with Gasteiger partial charge in [0, 0.05) is 6.92 Å². The van der Waals surface area contributed by atoms with Gasteiger partial charge in [-0.15, -0.1) is 0 Å². The van der Waals surface area contributed by atoms with Crippen LogP contribution < -0.4 is 0 Å². The molecule has 0 saturated heterocycles. The molecular formula is C14H6Br4F4N2O2. The van der Waals surface area contributed by atoms with Gasteiger partial charge in [-0.05, 0) is 70.6 Å². The van der Waals surface area contributed by atoms with E-state index in [1.807, 2.05) is 0 Å². The third-order valence-corrected chi connectivity index (χ3v) is 5.40. The van der Waals surface area contributed by atoms with Gasteiger partial charge in [-0.25, -0.2) is 27.5 Å². The fourth-order valence-corrected chi connectivity index (χ4v) is 4.30. The molecule has 0 aliphatic heterocycles. The summed E-state index contributed by atoms with van der Waals surface area (Å²) >= 11 is 11.1. The fraction of sp³-hybridized carbons (Fsp3) is 0.214. The highest BCUT2D eigenvalue weighted by atomic mass is 79.9. The van der Waals surface area contributed by atoms with Crippen LogP contribution in [0.1, 0.15) is 25.0 Å². The molecule has 2 rings (SSSR count). The lowest BCUT2D eigenvalue weighted by Crippen LogP contribution is -2.35. The second-order valence-electron chi connectivity index (χ2n) is 5.02. The Balaban J connectivity index is 3.02. The normalized spacial score (nSPS) is 11.6. The molecule has 0 bridgehead atoms. The van der Waals surface area contributed by atoms with Gasteiger partial charge < -0.3 is 4.74 Å². The quantitative estimate of drug-likeness (QED) is 0.241. The highest BCUT2D eigenvalue weighted by Gasteiger charge is 2.45. The van der Waals surface area contributed by atoms with Crippen molar-refractivity contribution in [3.8, 4) is 0 Å². The van der Waals surface area contributed by atoms with E-state index in [-0.39, 0.29) is 0 Å². The summed E-state index contributed by atoms with van der Waals surface area (Å²) in [4.78, 5) is 18.6. The van der Waals surface area contributed by atoms with Crippen molar-refractivity contribution < 1.29 is 27.1 Å². The Bertz CT molecular complexity index is 811. The first-order valence-corrected chi connectivity index (χ1v) is 9.69. The molecule has 0 saturated carbocycles. The molecular weight excluding hydrogens is 624 g/mol. The monoisotopic (exact) mass is 626 g/mol. The van der Waals surface area contributed by atoms with E-state index >= 15 is 0 Å². The Morgan fingerprint density at radius 3 is 1.31 bits per heavy atom. The zero-order valence-corrected chi connectivity index (χ0v) is 19.1. The van der Waals surface area contributed by atoms with Crippen LogP contribution in [0.15, 0.2) is 18.4 Å². The van der Waals surface area contributed by atoms with Crippen molar-refractivity contribution in [2.45, 2.75) is 19.4 Å². The van der Waals surface area contributed by atoms with Crippen LogP contribution in [0.4, 0.5) is 17.6 Å².